The molecule has 0 spiro atoms. The summed E-state index contributed by atoms with van der Waals surface area (Å²) in [4.78, 5) is 0. The first-order chi connectivity index (χ1) is 11.9. The third-order valence-electron chi connectivity index (χ3n) is 4.81. The molecule has 1 aliphatic heterocycles. The Bertz CT molecular complexity index is 310. The highest BCUT2D eigenvalue weighted by Gasteiger charge is 2.13. The molecule has 0 aliphatic carbocycles. The third-order valence-corrected chi connectivity index (χ3v) is 4.81. The Labute approximate surface area is 151 Å². The van der Waals surface area contributed by atoms with Crippen molar-refractivity contribution in [1.29, 1.82) is 0 Å². The average Bonchev–Trinajstić information content (AvgIpc) is 2.62. The minimum Gasteiger partial charge on any atom is -0.353 e. The van der Waals surface area contributed by atoms with E-state index in [1.165, 1.54) is 89.9 Å². The van der Waals surface area contributed by atoms with Gasteiger partial charge in [0.05, 0.1) is 0 Å². The molecule has 0 radical (unpaired) electrons. The molecule has 1 saturated heterocycles. The number of ether oxygens (including phenoxy) is 2. The second-order valence-electron chi connectivity index (χ2n) is 7.09. The fraction of sp³-hybridized carbons (Fsp3) is 0.909. The van der Waals surface area contributed by atoms with Crippen molar-refractivity contribution in [3.8, 4) is 11.8 Å². The van der Waals surface area contributed by atoms with Crippen LogP contribution in [0, 0.1) is 11.8 Å². The molecule has 0 N–H and O–H groups in total. The fourth-order valence-corrected chi connectivity index (χ4v) is 3.27. The van der Waals surface area contributed by atoms with Crippen LogP contribution in [0.5, 0.6) is 0 Å². The van der Waals surface area contributed by atoms with E-state index in [1.54, 1.807) is 0 Å². The van der Waals surface area contributed by atoms with Crippen molar-refractivity contribution in [2.75, 3.05) is 13.2 Å². The van der Waals surface area contributed by atoms with Gasteiger partial charge in [0.2, 0.25) is 0 Å². The van der Waals surface area contributed by atoms with Gasteiger partial charge in [0.1, 0.15) is 0 Å². The van der Waals surface area contributed by atoms with E-state index in [1.807, 2.05) is 6.92 Å². The second kappa shape index (κ2) is 17.3. The third kappa shape index (κ3) is 13.9. The van der Waals surface area contributed by atoms with Gasteiger partial charge in [-0.05, 0) is 39.0 Å². The summed E-state index contributed by atoms with van der Waals surface area (Å²) in [5.74, 6) is 6.11. The van der Waals surface area contributed by atoms with Gasteiger partial charge in [-0.1, -0.05) is 64.2 Å². The Morgan fingerprint density at radius 1 is 0.792 bits per heavy atom. The van der Waals surface area contributed by atoms with Gasteiger partial charge in [-0.15, -0.1) is 11.8 Å². The van der Waals surface area contributed by atoms with Crippen LogP contribution in [0.3, 0.4) is 0 Å². The van der Waals surface area contributed by atoms with Gasteiger partial charge in [-0.3, -0.25) is 0 Å². The summed E-state index contributed by atoms with van der Waals surface area (Å²) < 4.78 is 11.3. The number of hydrogen-bond donors (Lipinski definition) is 0. The molecule has 0 amide bonds. The van der Waals surface area contributed by atoms with Crippen LogP contribution in [0.15, 0.2) is 0 Å². The van der Waals surface area contributed by atoms with Gasteiger partial charge < -0.3 is 9.47 Å². The standard InChI is InChI=1S/C22H40O2/c1-2-3-4-5-6-7-8-9-10-11-12-13-14-15-17-20-23-22-19-16-18-21-24-22/h22H,4-21H2,1H3. The lowest BCUT2D eigenvalue weighted by molar-refractivity contribution is -0.162. The molecule has 0 aromatic rings. The van der Waals surface area contributed by atoms with E-state index < -0.39 is 0 Å². The van der Waals surface area contributed by atoms with Crippen LogP contribution in [-0.4, -0.2) is 19.5 Å². The quantitative estimate of drug-likeness (QED) is 0.247. The molecule has 1 heterocycles. The van der Waals surface area contributed by atoms with E-state index in [-0.39, 0.29) is 6.29 Å². The number of rotatable bonds is 15. The van der Waals surface area contributed by atoms with E-state index >= 15 is 0 Å². The molecular formula is C22H40O2. The number of unbranched alkanes of at least 4 members (excludes halogenated alkanes) is 12. The topological polar surface area (TPSA) is 18.5 Å². The van der Waals surface area contributed by atoms with Gasteiger partial charge in [0.25, 0.3) is 0 Å². The van der Waals surface area contributed by atoms with Crippen molar-refractivity contribution in [3.05, 3.63) is 0 Å². The first-order valence-electron chi connectivity index (χ1n) is 10.6. The maximum Gasteiger partial charge on any atom is 0.157 e. The molecule has 0 saturated carbocycles. The Morgan fingerprint density at radius 2 is 1.38 bits per heavy atom. The summed E-state index contributed by atoms with van der Waals surface area (Å²) in [7, 11) is 0. The molecular weight excluding hydrogens is 296 g/mol. The summed E-state index contributed by atoms with van der Waals surface area (Å²) in [6.45, 7) is 3.70. The molecule has 1 aliphatic rings. The van der Waals surface area contributed by atoms with E-state index in [4.69, 9.17) is 9.47 Å². The summed E-state index contributed by atoms with van der Waals surface area (Å²) in [6, 6.07) is 0. The van der Waals surface area contributed by atoms with Crippen LogP contribution < -0.4 is 0 Å². The number of hydrogen-bond acceptors (Lipinski definition) is 2. The molecule has 2 heteroatoms. The molecule has 1 atom stereocenters. The normalized spacial score (nSPS) is 17.5. The van der Waals surface area contributed by atoms with E-state index in [9.17, 15) is 0 Å². The second-order valence-corrected chi connectivity index (χ2v) is 7.09. The molecule has 1 fully saturated rings. The first kappa shape index (κ1) is 21.5. The Morgan fingerprint density at radius 3 is 1.92 bits per heavy atom. The maximum absolute atomic E-state index is 5.77. The smallest absolute Gasteiger partial charge is 0.157 e. The lowest BCUT2D eigenvalue weighted by Crippen LogP contribution is -2.22. The van der Waals surface area contributed by atoms with Crippen LogP contribution in [0.1, 0.15) is 110 Å². The van der Waals surface area contributed by atoms with E-state index in [0.29, 0.717) is 0 Å². The van der Waals surface area contributed by atoms with Crippen LogP contribution in [-0.2, 0) is 9.47 Å². The Kier molecular flexibility index (Phi) is 15.5. The zero-order chi connectivity index (χ0) is 17.1. The summed E-state index contributed by atoms with van der Waals surface area (Å²) >= 11 is 0. The van der Waals surface area contributed by atoms with Crippen molar-refractivity contribution < 1.29 is 9.47 Å². The monoisotopic (exact) mass is 336 g/mol. The highest BCUT2D eigenvalue weighted by atomic mass is 16.7. The van der Waals surface area contributed by atoms with Gasteiger partial charge >= 0.3 is 0 Å². The Hall–Kier alpha value is -0.520. The Balaban J connectivity index is 1.68. The van der Waals surface area contributed by atoms with Crippen LogP contribution in [0.4, 0.5) is 0 Å². The lowest BCUT2D eigenvalue weighted by Gasteiger charge is -2.22. The molecule has 140 valence electrons. The fourth-order valence-electron chi connectivity index (χ4n) is 3.27. The molecule has 1 unspecified atom stereocenters. The maximum atomic E-state index is 5.77. The molecule has 2 nitrogen and oxygen atoms in total. The molecule has 1 rings (SSSR count). The highest BCUT2D eigenvalue weighted by Crippen LogP contribution is 2.15. The SMILES string of the molecule is CC#CCCCCCCCCCCCCCCOC1CCCCO1. The predicted octanol–water partition coefficient (Wildman–Crippen LogP) is 6.62. The lowest BCUT2D eigenvalue weighted by atomic mass is 10.0. The zero-order valence-electron chi connectivity index (χ0n) is 16.1. The minimum atomic E-state index is 0.0957. The summed E-state index contributed by atoms with van der Waals surface area (Å²) in [5.41, 5.74) is 0. The zero-order valence-corrected chi connectivity index (χ0v) is 16.1. The van der Waals surface area contributed by atoms with Crippen LogP contribution in [0.2, 0.25) is 0 Å². The molecule has 24 heavy (non-hydrogen) atoms. The van der Waals surface area contributed by atoms with Gasteiger partial charge in [-0.25, -0.2) is 0 Å². The van der Waals surface area contributed by atoms with Crippen molar-refractivity contribution in [2.24, 2.45) is 0 Å². The van der Waals surface area contributed by atoms with E-state index in [2.05, 4.69) is 11.8 Å². The highest BCUT2D eigenvalue weighted by molar-refractivity contribution is 4.94. The van der Waals surface area contributed by atoms with Gasteiger partial charge in [-0.2, -0.15) is 0 Å². The summed E-state index contributed by atoms with van der Waals surface area (Å²) in [5, 5.41) is 0. The van der Waals surface area contributed by atoms with Crippen molar-refractivity contribution in [1.82, 2.24) is 0 Å². The predicted molar refractivity (Wildman–Crippen MR) is 103 cm³/mol. The molecule has 0 aromatic heterocycles. The van der Waals surface area contributed by atoms with Crippen LogP contribution >= 0.6 is 0 Å². The first-order valence-corrected chi connectivity index (χ1v) is 10.6. The van der Waals surface area contributed by atoms with Crippen molar-refractivity contribution in [3.63, 3.8) is 0 Å². The average molecular weight is 337 g/mol. The van der Waals surface area contributed by atoms with E-state index in [0.717, 1.165) is 26.1 Å². The molecule has 0 aromatic carbocycles. The molecule has 0 bridgehead atoms. The van der Waals surface area contributed by atoms with Crippen molar-refractivity contribution >= 4 is 0 Å². The largest absolute Gasteiger partial charge is 0.353 e. The van der Waals surface area contributed by atoms with Gasteiger partial charge in [0.15, 0.2) is 6.29 Å². The van der Waals surface area contributed by atoms with Gasteiger partial charge in [0, 0.05) is 19.6 Å². The van der Waals surface area contributed by atoms with Crippen LogP contribution in [0.25, 0.3) is 0 Å². The summed E-state index contributed by atoms with van der Waals surface area (Å²) in [6.07, 6.45) is 21.2. The minimum absolute atomic E-state index is 0.0957. The van der Waals surface area contributed by atoms with Crippen molar-refractivity contribution in [2.45, 2.75) is 116 Å².